The minimum Gasteiger partial charge on any atom is -0.461 e. The average molecular weight is 655 g/mol. The van der Waals surface area contributed by atoms with Gasteiger partial charge in [0.25, 0.3) is 0 Å². The van der Waals surface area contributed by atoms with E-state index in [1.165, 1.54) is 0 Å². The largest absolute Gasteiger partial charge is 0.508 e. The highest BCUT2D eigenvalue weighted by atomic mass is 35.5. The molecule has 8 heterocycles. The fourth-order valence-corrected chi connectivity index (χ4v) is 7.79. The van der Waals surface area contributed by atoms with E-state index in [0.717, 1.165) is 19.4 Å². The molecule has 0 radical (unpaired) electrons. The van der Waals surface area contributed by atoms with Crippen LogP contribution in [0.25, 0.3) is 33.1 Å². The Morgan fingerprint density at radius 3 is 3.00 bits per heavy atom. The maximum absolute atomic E-state index is 17.0. The fraction of sp³-hybridized carbons (Fsp3) is 0.516. The van der Waals surface area contributed by atoms with Crippen LogP contribution in [0.5, 0.6) is 6.01 Å². The number of fused-ring (bicyclic) bond motifs is 8. The molecule has 0 aliphatic carbocycles. The van der Waals surface area contributed by atoms with Gasteiger partial charge in [-0.15, -0.1) is 0 Å². The number of pyridine rings is 1. The zero-order valence-corrected chi connectivity index (χ0v) is 25.8. The van der Waals surface area contributed by atoms with Crippen LogP contribution in [0.2, 0.25) is 5.02 Å². The van der Waals surface area contributed by atoms with Gasteiger partial charge in [-0.1, -0.05) is 11.6 Å². The fourth-order valence-electron chi connectivity index (χ4n) is 7.49. The van der Waals surface area contributed by atoms with Crippen molar-refractivity contribution in [2.45, 2.75) is 49.9 Å². The average Bonchev–Trinajstić information content (AvgIpc) is 3.68. The van der Waals surface area contributed by atoms with Crippen LogP contribution in [0, 0.1) is 5.82 Å². The second-order valence-electron chi connectivity index (χ2n) is 12.5. The number of benzene rings is 1. The van der Waals surface area contributed by atoms with Crippen LogP contribution in [0.4, 0.5) is 19.4 Å². The minimum absolute atomic E-state index is 0.0166. The summed E-state index contributed by atoms with van der Waals surface area (Å²) in [5.41, 5.74) is 1.39. The zero-order chi connectivity index (χ0) is 31.4. The summed E-state index contributed by atoms with van der Waals surface area (Å²) < 4.78 is 48.8. The van der Waals surface area contributed by atoms with Crippen LogP contribution in [0.3, 0.4) is 0 Å². The Bertz CT molecular complexity index is 1830. The molecule has 3 fully saturated rings. The van der Waals surface area contributed by atoms with Crippen LogP contribution in [-0.4, -0.2) is 107 Å². The van der Waals surface area contributed by atoms with E-state index >= 15 is 4.39 Å². The molecule has 46 heavy (non-hydrogen) atoms. The lowest BCUT2D eigenvalue weighted by Crippen LogP contribution is -2.43. The number of anilines is 1. The molecule has 242 valence electrons. The summed E-state index contributed by atoms with van der Waals surface area (Å²) in [6.07, 6.45) is 3.85. The third-order valence-electron chi connectivity index (χ3n) is 9.62. The van der Waals surface area contributed by atoms with E-state index in [1.54, 1.807) is 18.5 Å². The maximum atomic E-state index is 17.0. The molecular weight excluding hydrogens is 622 g/mol. The number of H-pyrrole nitrogens is 1. The number of halogens is 3. The first kappa shape index (κ1) is 29.5. The molecule has 0 spiro atoms. The Labute approximate surface area is 267 Å². The summed E-state index contributed by atoms with van der Waals surface area (Å²) in [5, 5.41) is 11.8. The molecule has 3 saturated heterocycles. The molecule has 0 saturated carbocycles. The van der Waals surface area contributed by atoms with Gasteiger partial charge in [0, 0.05) is 54.8 Å². The summed E-state index contributed by atoms with van der Waals surface area (Å²) >= 11 is 6.76. The van der Waals surface area contributed by atoms with Crippen LogP contribution in [-0.2, 0) is 15.9 Å². The predicted octanol–water partition coefficient (Wildman–Crippen LogP) is 4.19. The number of rotatable bonds is 3. The molecule has 3 aromatic heterocycles. The number of carbonyl (C=O) groups excluding carboxylic acids is 1. The molecule has 0 amide bonds. The number of hydrogen-bond acceptors (Lipinski definition) is 11. The summed E-state index contributed by atoms with van der Waals surface area (Å²) in [5.74, 6) is -0.257. The number of nitrogens with one attached hydrogen (secondary N) is 2. The van der Waals surface area contributed by atoms with E-state index in [9.17, 15) is 9.18 Å². The highest BCUT2D eigenvalue weighted by Gasteiger charge is 2.49. The van der Waals surface area contributed by atoms with E-state index in [2.05, 4.69) is 30.4 Å². The van der Waals surface area contributed by atoms with E-state index in [4.69, 9.17) is 30.8 Å². The van der Waals surface area contributed by atoms with Crippen molar-refractivity contribution in [2.75, 3.05) is 57.4 Å². The van der Waals surface area contributed by atoms with E-state index in [-0.39, 0.29) is 37.0 Å². The number of carbonyl (C=O) groups is 1. The van der Waals surface area contributed by atoms with Crippen molar-refractivity contribution in [1.82, 2.24) is 35.4 Å². The van der Waals surface area contributed by atoms with Crippen molar-refractivity contribution >= 4 is 45.4 Å². The molecule has 6 bridgehead atoms. The molecule has 1 aromatic carbocycles. The lowest BCUT2D eigenvalue weighted by atomic mass is 9.95. The van der Waals surface area contributed by atoms with Crippen molar-refractivity contribution in [3.05, 3.63) is 34.9 Å². The summed E-state index contributed by atoms with van der Waals surface area (Å²) in [6.45, 7) is 3.18. The lowest BCUT2D eigenvalue weighted by molar-refractivity contribution is 0.0268. The van der Waals surface area contributed by atoms with Gasteiger partial charge in [-0.05, 0) is 43.9 Å². The van der Waals surface area contributed by atoms with Crippen LogP contribution in [0.1, 0.15) is 31.2 Å². The smallest absolute Gasteiger partial charge is 0.461 e. The molecule has 0 unspecified atom stereocenters. The molecular formula is C31H33ClF2N8O4. The summed E-state index contributed by atoms with van der Waals surface area (Å²) in [6, 6.07) is 1.72. The Morgan fingerprint density at radius 1 is 1.17 bits per heavy atom. The number of nitrogens with zero attached hydrogens (tertiary/aromatic N) is 6. The first-order valence-corrected chi connectivity index (χ1v) is 16.1. The zero-order valence-electron chi connectivity index (χ0n) is 25.0. The van der Waals surface area contributed by atoms with Gasteiger partial charge in [0.05, 0.1) is 35.8 Å². The second-order valence-corrected chi connectivity index (χ2v) is 12.9. The third kappa shape index (κ3) is 5.16. The van der Waals surface area contributed by atoms with Gasteiger partial charge >= 0.3 is 12.2 Å². The molecule has 2 N–H and O–H groups in total. The molecule has 15 heteroatoms. The van der Waals surface area contributed by atoms with Crippen LogP contribution >= 0.6 is 11.6 Å². The normalized spacial score (nSPS) is 25.5. The standard InChI is InChI=1S/C31H33ClF2N8O4/c32-22-9-23-20(13-37-40-23)24-19(22)3-1-8-44-30(43)46-18-11-35-5-7-41(15-18)28-21-12-36-27(24)25(34)26(21)38-29(39-28)45-16-31-4-2-6-42(31)14-17(33)10-31/h9,12-13,17-18,35H,1-8,10-11,14-16H2,(H,37,40)/t17-,18-,31+/m1/s1. The predicted molar refractivity (Wildman–Crippen MR) is 166 cm³/mol. The highest BCUT2D eigenvalue weighted by Crippen LogP contribution is 2.42. The highest BCUT2D eigenvalue weighted by molar-refractivity contribution is 6.33. The lowest BCUT2D eigenvalue weighted by Gasteiger charge is -2.31. The summed E-state index contributed by atoms with van der Waals surface area (Å²) in [7, 11) is 0. The molecule has 12 nitrogen and oxygen atoms in total. The molecule has 3 atom stereocenters. The Balaban J connectivity index is 1.30. The second kappa shape index (κ2) is 11.7. The van der Waals surface area contributed by atoms with Crippen molar-refractivity contribution in [2.24, 2.45) is 0 Å². The van der Waals surface area contributed by atoms with Crippen molar-refractivity contribution in [3.8, 4) is 17.3 Å². The molecule has 5 aliphatic heterocycles. The van der Waals surface area contributed by atoms with E-state index < -0.39 is 29.8 Å². The van der Waals surface area contributed by atoms with Crippen molar-refractivity contribution in [1.29, 1.82) is 0 Å². The Morgan fingerprint density at radius 2 is 2.09 bits per heavy atom. The summed E-state index contributed by atoms with van der Waals surface area (Å²) in [4.78, 5) is 30.8. The van der Waals surface area contributed by atoms with E-state index in [0.29, 0.717) is 83.7 Å². The van der Waals surface area contributed by atoms with Crippen LogP contribution in [0.15, 0.2) is 18.5 Å². The number of aromatic amines is 1. The first-order valence-electron chi connectivity index (χ1n) is 15.7. The quantitative estimate of drug-likeness (QED) is 0.308. The third-order valence-corrected chi connectivity index (χ3v) is 9.96. The van der Waals surface area contributed by atoms with Gasteiger partial charge in [0.2, 0.25) is 0 Å². The van der Waals surface area contributed by atoms with E-state index in [1.807, 2.05) is 4.90 Å². The minimum atomic E-state index is -0.922. The number of alkyl halides is 1. The Kier molecular flexibility index (Phi) is 7.53. The molecule has 5 aliphatic rings. The number of aromatic nitrogens is 5. The topological polar surface area (TPSA) is 131 Å². The van der Waals surface area contributed by atoms with Gasteiger partial charge in [-0.25, -0.2) is 13.6 Å². The van der Waals surface area contributed by atoms with Gasteiger partial charge in [0.15, 0.2) is 5.82 Å². The SMILES string of the molecule is O=C1OCCCc2c(Cl)cc3[nH]ncc3c2-c2ncc3c(nc(OC[C@@]45CCCN4C[C@H](F)C5)nc3c2F)N2CCNC[C@H](C2)O1. The Hall–Kier alpha value is -3.88. The van der Waals surface area contributed by atoms with Gasteiger partial charge in [-0.2, -0.15) is 15.1 Å². The van der Waals surface area contributed by atoms with Crippen molar-refractivity contribution in [3.63, 3.8) is 0 Å². The number of ether oxygens (including phenoxy) is 3. The monoisotopic (exact) mass is 654 g/mol. The first-order chi connectivity index (χ1) is 22.4. The van der Waals surface area contributed by atoms with Gasteiger partial charge in [-0.3, -0.25) is 15.0 Å². The van der Waals surface area contributed by atoms with Crippen molar-refractivity contribution < 1.29 is 27.8 Å². The molecule has 4 aromatic rings. The maximum Gasteiger partial charge on any atom is 0.508 e. The molecule has 9 rings (SSSR count). The van der Waals surface area contributed by atoms with Gasteiger partial charge < -0.3 is 24.4 Å². The number of hydrogen-bond donors (Lipinski definition) is 2. The van der Waals surface area contributed by atoms with Crippen LogP contribution < -0.4 is 15.0 Å². The van der Waals surface area contributed by atoms with Gasteiger partial charge in [0.1, 0.15) is 35.9 Å².